The van der Waals surface area contributed by atoms with E-state index in [1.54, 1.807) is 11.8 Å². The first-order valence-corrected chi connectivity index (χ1v) is 6.59. The molecule has 0 aliphatic heterocycles. The summed E-state index contributed by atoms with van der Waals surface area (Å²) < 4.78 is 4.68. The molecule has 5 heteroatoms. The molecule has 17 heavy (non-hydrogen) atoms. The first-order chi connectivity index (χ1) is 8.38. The quantitative estimate of drug-likeness (QED) is 0.797. The minimum absolute atomic E-state index is 0.725. The number of hydrogen-bond donors (Lipinski definition) is 1. The average molecular weight is 249 g/mol. The fraction of sp³-hybridized carbons (Fsp3) is 0.333. The van der Waals surface area contributed by atoms with Gasteiger partial charge in [-0.25, -0.2) is 0 Å². The van der Waals surface area contributed by atoms with E-state index in [4.69, 9.17) is 0 Å². The minimum Gasteiger partial charge on any atom is -0.385 e. The molecule has 0 saturated carbocycles. The molecule has 1 heterocycles. The van der Waals surface area contributed by atoms with Crippen molar-refractivity contribution < 1.29 is 4.52 Å². The van der Waals surface area contributed by atoms with Gasteiger partial charge >= 0.3 is 0 Å². The molecule has 2 rings (SSSR count). The summed E-state index contributed by atoms with van der Waals surface area (Å²) in [5.41, 5.74) is 1.16. The molecule has 1 aromatic heterocycles. The summed E-state index contributed by atoms with van der Waals surface area (Å²) in [5, 5.41) is 7.11. The summed E-state index contributed by atoms with van der Waals surface area (Å²) in [6.07, 6.45) is 2.49. The number of anilines is 1. The summed E-state index contributed by atoms with van der Waals surface area (Å²) in [6, 6.07) is 8.38. The summed E-state index contributed by atoms with van der Waals surface area (Å²) >= 11 is 1.70. The molecule has 0 fully saturated rings. The van der Waals surface area contributed by atoms with Crippen molar-refractivity contribution in [3.63, 3.8) is 0 Å². The summed E-state index contributed by atoms with van der Waals surface area (Å²) in [6.45, 7) is 3.16. The Bertz CT molecular complexity index is 428. The van der Waals surface area contributed by atoms with E-state index in [1.165, 1.54) is 11.3 Å². The summed E-state index contributed by atoms with van der Waals surface area (Å²) in [7, 11) is 0. The Hall–Kier alpha value is -1.49. The normalized spacial score (nSPS) is 10.4. The predicted molar refractivity (Wildman–Crippen MR) is 69.1 cm³/mol. The molecule has 0 amide bonds. The second-order valence-corrected chi connectivity index (χ2v) is 4.64. The number of hydrogen-bond acceptors (Lipinski definition) is 5. The number of rotatable bonds is 6. The van der Waals surface area contributed by atoms with E-state index in [9.17, 15) is 0 Å². The lowest BCUT2D eigenvalue weighted by Gasteiger charge is -2.05. The van der Waals surface area contributed by atoms with Crippen molar-refractivity contribution in [3.05, 3.63) is 36.5 Å². The second kappa shape index (κ2) is 6.30. The zero-order valence-corrected chi connectivity index (χ0v) is 10.5. The molecular formula is C12H15N3OS. The van der Waals surface area contributed by atoms with Gasteiger partial charge in [-0.15, -0.1) is 11.8 Å². The van der Waals surface area contributed by atoms with Gasteiger partial charge in [-0.3, -0.25) is 0 Å². The molecule has 4 nitrogen and oxygen atoms in total. The monoisotopic (exact) mass is 249 g/mol. The van der Waals surface area contributed by atoms with E-state index in [0.29, 0.717) is 0 Å². The highest BCUT2D eigenvalue weighted by Crippen LogP contribution is 2.22. The van der Waals surface area contributed by atoms with E-state index in [-0.39, 0.29) is 0 Å². The molecule has 0 bridgehead atoms. The van der Waals surface area contributed by atoms with Gasteiger partial charge in [-0.2, -0.15) is 4.98 Å². The van der Waals surface area contributed by atoms with Crippen LogP contribution in [-0.4, -0.2) is 16.7 Å². The molecule has 0 atom stereocenters. The van der Waals surface area contributed by atoms with Gasteiger partial charge in [0.05, 0.1) is 5.75 Å². The fourth-order valence-electron chi connectivity index (χ4n) is 1.34. The zero-order chi connectivity index (χ0) is 11.9. The average Bonchev–Trinajstić information content (AvgIpc) is 2.88. The molecule has 0 aliphatic carbocycles. The van der Waals surface area contributed by atoms with Crippen molar-refractivity contribution in [2.45, 2.75) is 24.0 Å². The maximum Gasteiger partial charge on any atom is 0.213 e. The first-order valence-electron chi connectivity index (χ1n) is 5.60. The van der Waals surface area contributed by atoms with E-state index in [2.05, 4.69) is 51.2 Å². The number of nitrogens with zero attached hydrogens (tertiary/aromatic N) is 2. The number of aromatic nitrogens is 2. The maximum absolute atomic E-state index is 4.68. The smallest absolute Gasteiger partial charge is 0.213 e. The molecular weight excluding hydrogens is 234 g/mol. The molecule has 90 valence electrons. The predicted octanol–water partition coefficient (Wildman–Crippen LogP) is 3.18. The van der Waals surface area contributed by atoms with Crippen molar-refractivity contribution in [2.24, 2.45) is 0 Å². The zero-order valence-electron chi connectivity index (χ0n) is 9.72. The van der Waals surface area contributed by atoms with E-state index < -0.39 is 0 Å². The van der Waals surface area contributed by atoms with E-state index in [0.717, 1.165) is 30.2 Å². The minimum atomic E-state index is 0.725. The molecule has 0 saturated heterocycles. The van der Waals surface area contributed by atoms with Crippen LogP contribution in [0.2, 0.25) is 0 Å². The highest BCUT2D eigenvalue weighted by molar-refractivity contribution is 7.98. The maximum atomic E-state index is 4.68. The molecule has 0 radical (unpaired) electrons. The Morgan fingerprint density at radius 1 is 1.29 bits per heavy atom. The number of nitrogens with one attached hydrogen (secondary N) is 1. The molecule has 1 N–H and O–H groups in total. The first kappa shape index (κ1) is 12.0. The van der Waals surface area contributed by atoms with Crippen molar-refractivity contribution in [1.82, 2.24) is 10.1 Å². The largest absolute Gasteiger partial charge is 0.385 e. The van der Waals surface area contributed by atoms with Gasteiger partial charge in [0.1, 0.15) is 0 Å². The molecule has 0 unspecified atom stereocenters. The number of benzene rings is 1. The van der Waals surface area contributed by atoms with Crippen molar-refractivity contribution in [1.29, 1.82) is 0 Å². The topological polar surface area (TPSA) is 51.0 Å². The van der Waals surface area contributed by atoms with Crippen LogP contribution >= 0.6 is 11.8 Å². The summed E-state index contributed by atoms with van der Waals surface area (Å²) in [5.74, 6) is 1.46. The highest BCUT2D eigenvalue weighted by atomic mass is 32.2. The van der Waals surface area contributed by atoms with Crippen LogP contribution in [0.25, 0.3) is 0 Å². The van der Waals surface area contributed by atoms with Gasteiger partial charge in [-0.05, 0) is 30.7 Å². The van der Waals surface area contributed by atoms with Crippen LogP contribution in [0.4, 0.5) is 5.69 Å². The molecule has 1 aromatic carbocycles. The van der Waals surface area contributed by atoms with E-state index in [1.807, 2.05) is 0 Å². The third-order valence-corrected chi connectivity index (χ3v) is 3.22. The summed E-state index contributed by atoms with van der Waals surface area (Å²) in [4.78, 5) is 5.18. The third-order valence-electron chi connectivity index (χ3n) is 2.21. The van der Waals surface area contributed by atoms with Crippen molar-refractivity contribution >= 4 is 17.4 Å². The van der Waals surface area contributed by atoms with Crippen LogP contribution in [-0.2, 0) is 5.75 Å². The molecule has 2 aromatic rings. The Labute approximate surface area is 105 Å². The Morgan fingerprint density at radius 3 is 2.76 bits per heavy atom. The number of thioether (sulfide) groups is 1. The SMILES string of the molecule is CCCNc1ccc(SCc2ncon2)cc1. The lowest BCUT2D eigenvalue weighted by molar-refractivity contribution is 0.412. The van der Waals surface area contributed by atoms with Crippen LogP contribution in [0.3, 0.4) is 0 Å². The Morgan fingerprint density at radius 2 is 2.12 bits per heavy atom. The van der Waals surface area contributed by atoms with Crippen LogP contribution in [0.15, 0.2) is 40.1 Å². The molecule has 0 aliphatic rings. The lowest BCUT2D eigenvalue weighted by Crippen LogP contribution is -1.98. The van der Waals surface area contributed by atoms with E-state index >= 15 is 0 Å². The van der Waals surface area contributed by atoms with Gasteiger partial charge in [-0.1, -0.05) is 12.1 Å². The fourth-order valence-corrected chi connectivity index (χ4v) is 2.09. The lowest BCUT2D eigenvalue weighted by atomic mass is 10.3. The van der Waals surface area contributed by atoms with Gasteiger partial charge in [0.2, 0.25) is 6.39 Å². The molecule has 0 spiro atoms. The van der Waals surface area contributed by atoms with Crippen LogP contribution in [0.5, 0.6) is 0 Å². The highest BCUT2D eigenvalue weighted by Gasteiger charge is 2.00. The third kappa shape index (κ3) is 3.78. The van der Waals surface area contributed by atoms with Gasteiger partial charge < -0.3 is 9.84 Å². The Kier molecular flexibility index (Phi) is 4.44. The van der Waals surface area contributed by atoms with Crippen molar-refractivity contribution in [2.75, 3.05) is 11.9 Å². The second-order valence-electron chi connectivity index (χ2n) is 3.59. The standard InChI is InChI=1S/C12H15N3OS/c1-2-7-13-10-3-5-11(6-4-10)17-8-12-14-9-16-15-12/h3-6,9,13H,2,7-8H2,1H3. The van der Waals surface area contributed by atoms with Crippen molar-refractivity contribution in [3.8, 4) is 0 Å². The van der Waals surface area contributed by atoms with Crippen LogP contribution < -0.4 is 5.32 Å². The van der Waals surface area contributed by atoms with Gasteiger partial charge in [0.25, 0.3) is 0 Å². The van der Waals surface area contributed by atoms with Gasteiger partial charge in [0, 0.05) is 17.1 Å². The Balaban J connectivity index is 1.85. The van der Waals surface area contributed by atoms with Gasteiger partial charge in [0.15, 0.2) is 5.82 Å². The van der Waals surface area contributed by atoms with Crippen LogP contribution in [0, 0.1) is 0 Å². The van der Waals surface area contributed by atoms with Crippen LogP contribution in [0.1, 0.15) is 19.2 Å².